The van der Waals surface area contributed by atoms with Crippen molar-refractivity contribution in [3.63, 3.8) is 0 Å². The third-order valence-corrected chi connectivity index (χ3v) is 6.46. The number of nitrogens with one attached hydrogen (secondary N) is 1. The van der Waals surface area contributed by atoms with Crippen LogP contribution in [-0.2, 0) is 4.74 Å². The van der Waals surface area contributed by atoms with Crippen LogP contribution in [0.3, 0.4) is 0 Å². The Morgan fingerprint density at radius 2 is 1.44 bits per heavy atom. The Kier molecular flexibility index (Phi) is 7.09. The molecule has 0 fully saturated rings. The normalized spacial score (nSPS) is 12.8. The molecule has 2 atom stereocenters. The molecule has 0 spiro atoms. The van der Waals surface area contributed by atoms with E-state index in [4.69, 9.17) is 4.74 Å². The molecule has 3 aromatic rings. The van der Waals surface area contributed by atoms with Gasteiger partial charge in [0.2, 0.25) is 0 Å². The van der Waals surface area contributed by atoms with Crippen molar-refractivity contribution >= 4 is 31.1 Å². The third kappa shape index (κ3) is 5.99. The van der Waals surface area contributed by atoms with E-state index < -0.39 is 0 Å². The van der Waals surface area contributed by atoms with Crippen molar-refractivity contribution in [1.82, 2.24) is 0 Å². The summed E-state index contributed by atoms with van der Waals surface area (Å²) in [6, 6.07) is 29.6. The summed E-state index contributed by atoms with van der Waals surface area (Å²) >= 11 is 0.232. The zero-order valence-corrected chi connectivity index (χ0v) is 17.0. The maximum absolute atomic E-state index is 12.6. The molecule has 4 heteroatoms. The van der Waals surface area contributed by atoms with E-state index in [-0.39, 0.29) is 33.1 Å². The summed E-state index contributed by atoms with van der Waals surface area (Å²) in [6.45, 7) is 2.07. The molecular weight excluding hydrogens is 401 g/mol. The predicted molar refractivity (Wildman–Crippen MR) is 112 cm³/mol. The molecule has 27 heavy (non-hydrogen) atoms. The van der Waals surface area contributed by atoms with Gasteiger partial charge in [-0.25, -0.2) is 0 Å². The van der Waals surface area contributed by atoms with E-state index in [1.54, 1.807) is 12.1 Å². The topological polar surface area (TPSA) is 38.3 Å². The molecule has 0 aliphatic heterocycles. The molecule has 3 nitrogen and oxygen atoms in total. The van der Waals surface area contributed by atoms with Gasteiger partial charge in [-0.3, -0.25) is 0 Å². The first kappa shape index (κ1) is 19.2. The Balaban J connectivity index is 1.70. The Bertz CT molecular complexity index is 825. The van der Waals surface area contributed by atoms with Crippen LogP contribution in [0.5, 0.6) is 0 Å². The summed E-state index contributed by atoms with van der Waals surface area (Å²) < 4.78 is 7.21. The third-order valence-electron chi connectivity index (χ3n) is 4.15. The summed E-state index contributed by atoms with van der Waals surface area (Å²) in [5.74, 6) is -0.272. The molecule has 0 amide bonds. The second-order valence-corrected chi connectivity index (χ2v) is 8.53. The number of carbonyl (C=O) groups is 1. The second kappa shape index (κ2) is 9.96. The quantitative estimate of drug-likeness (QED) is 0.436. The maximum atomic E-state index is 12.6. The molecule has 0 saturated heterocycles. The van der Waals surface area contributed by atoms with Gasteiger partial charge in [0.25, 0.3) is 0 Å². The minimum atomic E-state index is -0.272. The predicted octanol–water partition coefficient (Wildman–Crippen LogP) is 4.16. The van der Waals surface area contributed by atoms with Crippen LogP contribution in [0.1, 0.15) is 17.3 Å². The van der Waals surface area contributed by atoms with E-state index in [0.29, 0.717) is 5.56 Å². The Morgan fingerprint density at radius 3 is 2.07 bits per heavy atom. The summed E-state index contributed by atoms with van der Waals surface area (Å²) in [4.78, 5) is 12.6. The SMILES string of the molecule is CC(Nc1ccccc1)C(C[Se]c1ccccc1)OC(=O)c1ccccc1. The summed E-state index contributed by atoms with van der Waals surface area (Å²) in [5.41, 5.74) is 1.61. The number of benzene rings is 3. The van der Waals surface area contributed by atoms with Crippen LogP contribution in [0.25, 0.3) is 0 Å². The van der Waals surface area contributed by atoms with Crippen molar-refractivity contribution in [3.05, 3.63) is 96.6 Å². The number of esters is 1. The Labute approximate surface area is 166 Å². The molecule has 3 rings (SSSR count). The van der Waals surface area contributed by atoms with Gasteiger partial charge in [-0.15, -0.1) is 0 Å². The van der Waals surface area contributed by atoms with Gasteiger partial charge < -0.3 is 0 Å². The number of hydrogen-bond donors (Lipinski definition) is 1. The number of carbonyl (C=O) groups excluding carboxylic acids is 1. The van der Waals surface area contributed by atoms with Crippen LogP contribution < -0.4 is 9.78 Å². The molecular formula is C23H23NO2Se. The van der Waals surface area contributed by atoms with Gasteiger partial charge in [0.15, 0.2) is 0 Å². The van der Waals surface area contributed by atoms with E-state index >= 15 is 0 Å². The van der Waals surface area contributed by atoms with Gasteiger partial charge in [-0.2, -0.15) is 0 Å². The second-order valence-electron chi connectivity index (χ2n) is 6.23. The van der Waals surface area contributed by atoms with Crippen molar-refractivity contribution in [3.8, 4) is 0 Å². The van der Waals surface area contributed by atoms with Crippen molar-refractivity contribution in [2.24, 2.45) is 0 Å². The number of rotatable bonds is 8. The van der Waals surface area contributed by atoms with Crippen LogP contribution in [0, 0.1) is 0 Å². The Morgan fingerprint density at radius 1 is 0.889 bits per heavy atom. The van der Waals surface area contributed by atoms with Gasteiger partial charge in [0.05, 0.1) is 0 Å². The number of ether oxygens (including phenoxy) is 1. The monoisotopic (exact) mass is 425 g/mol. The minimum absolute atomic E-state index is 0.00523. The van der Waals surface area contributed by atoms with E-state index in [1.165, 1.54) is 4.46 Å². The molecule has 0 radical (unpaired) electrons. The summed E-state index contributed by atoms with van der Waals surface area (Å²) in [5, 5.41) is 4.28. The van der Waals surface area contributed by atoms with Gasteiger partial charge in [-0.1, -0.05) is 0 Å². The van der Waals surface area contributed by atoms with Crippen LogP contribution in [0.15, 0.2) is 91.0 Å². The average Bonchev–Trinajstić information content (AvgIpc) is 2.73. The van der Waals surface area contributed by atoms with Gasteiger partial charge in [-0.05, 0) is 0 Å². The first-order chi connectivity index (χ1) is 13.2. The van der Waals surface area contributed by atoms with Crippen LogP contribution in [-0.4, -0.2) is 33.1 Å². The van der Waals surface area contributed by atoms with E-state index in [9.17, 15) is 4.79 Å². The molecule has 138 valence electrons. The molecule has 0 heterocycles. The van der Waals surface area contributed by atoms with E-state index in [2.05, 4.69) is 24.4 Å². The molecule has 2 unspecified atom stereocenters. The van der Waals surface area contributed by atoms with Crippen LogP contribution >= 0.6 is 0 Å². The van der Waals surface area contributed by atoms with Gasteiger partial charge >= 0.3 is 167 Å². The Hall–Kier alpha value is -2.55. The van der Waals surface area contributed by atoms with Crippen LogP contribution in [0.4, 0.5) is 5.69 Å². The molecule has 0 saturated carbocycles. The summed E-state index contributed by atoms with van der Waals surface area (Å²) in [7, 11) is 0. The zero-order valence-electron chi connectivity index (χ0n) is 15.2. The molecule has 1 N–H and O–H groups in total. The number of para-hydroxylation sites is 1. The number of anilines is 1. The van der Waals surface area contributed by atoms with Crippen molar-refractivity contribution in [2.45, 2.75) is 24.4 Å². The van der Waals surface area contributed by atoms with E-state index in [0.717, 1.165) is 11.0 Å². The van der Waals surface area contributed by atoms with E-state index in [1.807, 2.05) is 66.7 Å². The molecule has 3 aromatic carbocycles. The molecule has 0 bridgehead atoms. The summed E-state index contributed by atoms with van der Waals surface area (Å²) in [6.07, 6.45) is -0.210. The first-order valence-corrected chi connectivity index (χ1v) is 11.0. The fraction of sp³-hybridized carbons (Fsp3) is 0.174. The van der Waals surface area contributed by atoms with Crippen molar-refractivity contribution in [2.75, 3.05) is 5.32 Å². The average molecular weight is 424 g/mol. The molecule has 0 aromatic heterocycles. The van der Waals surface area contributed by atoms with Gasteiger partial charge in [0, 0.05) is 0 Å². The first-order valence-electron chi connectivity index (χ1n) is 8.98. The van der Waals surface area contributed by atoms with Crippen molar-refractivity contribution < 1.29 is 9.53 Å². The van der Waals surface area contributed by atoms with Crippen LogP contribution in [0.2, 0.25) is 5.32 Å². The number of hydrogen-bond acceptors (Lipinski definition) is 3. The fourth-order valence-electron chi connectivity index (χ4n) is 2.65. The van der Waals surface area contributed by atoms with Gasteiger partial charge in [0.1, 0.15) is 0 Å². The fourth-order valence-corrected chi connectivity index (χ4v) is 4.88. The zero-order chi connectivity index (χ0) is 18.9. The molecule has 0 aliphatic carbocycles. The van der Waals surface area contributed by atoms with Crippen molar-refractivity contribution in [1.29, 1.82) is 0 Å². The molecule has 0 aliphatic rings. The standard InChI is InChI=1S/C23H23NO2Se/c1-18(24-20-13-7-3-8-14-20)22(17-27-21-15-9-4-10-16-21)26-23(25)19-11-5-2-6-12-19/h2-16,18,22,24H,17H2,1H3.